The molecular formula is C28H40N6O6S. The zero-order chi connectivity index (χ0) is 29.4. The Morgan fingerprint density at radius 2 is 1.56 bits per heavy atom. The van der Waals surface area contributed by atoms with Crippen LogP contribution in [0.15, 0.2) is 36.4 Å². The van der Waals surface area contributed by atoms with Gasteiger partial charge in [0.1, 0.15) is 5.82 Å². The van der Waals surface area contributed by atoms with Crippen molar-refractivity contribution in [1.82, 2.24) is 19.8 Å². The number of ether oxygens (including phenoxy) is 3. The normalized spacial score (nSPS) is 16.7. The second kappa shape index (κ2) is 14.1. The summed E-state index contributed by atoms with van der Waals surface area (Å²) >= 11 is 0. The lowest BCUT2D eigenvalue weighted by Crippen LogP contribution is -2.44. The van der Waals surface area contributed by atoms with E-state index in [1.807, 2.05) is 12.1 Å². The quantitative estimate of drug-likeness (QED) is 0.375. The van der Waals surface area contributed by atoms with Gasteiger partial charge in [-0.1, -0.05) is 0 Å². The van der Waals surface area contributed by atoms with Crippen LogP contribution in [0.2, 0.25) is 0 Å². The largest absolute Gasteiger partial charge is 0.493 e. The van der Waals surface area contributed by atoms with Gasteiger partial charge in [0.05, 0.1) is 39.2 Å². The molecule has 1 aromatic heterocycles. The van der Waals surface area contributed by atoms with E-state index in [9.17, 15) is 8.42 Å². The van der Waals surface area contributed by atoms with E-state index in [0.717, 1.165) is 87.9 Å². The molecule has 224 valence electrons. The lowest BCUT2D eigenvalue weighted by molar-refractivity contribution is 0.0398. The zero-order valence-electron chi connectivity index (χ0n) is 24.2. The van der Waals surface area contributed by atoms with Crippen molar-refractivity contribution in [3.63, 3.8) is 0 Å². The van der Waals surface area contributed by atoms with Gasteiger partial charge in [0.15, 0.2) is 17.3 Å². The smallest absolute Gasteiger partial charge is 0.261 e. The maximum absolute atomic E-state index is 9.19. The van der Waals surface area contributed by atoms with Crippen LogP contribution >= 0.6 is 0 Å². The highest BCUT2D eigenvalue weighted by molar-refractivity contribution is 7.85. The van der Waals surface area contributed by atoms with Crippen molar-refractivity contribution in [2.75, 3.05) is 103 Å². The molecular weight excluding hydrogens is 548 g/mol. The first-order valence-corrected chi connectivity index (χ1v) is 15.4. The molecule has 0 bridgehead atoms. The summed E-state index contributed by atoms with van der Waals surface area (Å²) in [5.41, 5.74) is 3.04. The van der Waals surface area contributed by atoms with Crippen LogP contribution in [-0.4, -0.2) is 126 Å². The molecule has 5 rings (SSSR count). The Kier molecular flexibility index (Phi) is 10.6. The molecule has 2 aliphatic rings. The van der Waals surface area contributed by atoms with Gasteiger partial charge < -0.3 is 29.3 Å². The summed E-state index contributed by atoms with van der Waals surface area (Å²) in [7, 11) is 1.80. The summed E-state index contributed by atoms with van der Waals surface area (Å²) in [6, 6.07) is 12.5. The van der Waals surface area contributed by atoms with E-state index in [2.05, 4.69) is 51.3 Å². The molecule has 0 radical (unpaired) electrons. The molecule has 2 aromatic carbocycles. The Balaban J connectivity index is 0.000000714. The van der Waals surface area contributed by atoms with Gasteiger partial charge in [-0.3, -0.25) is 9.45 Å². The van der Waals surface area contributed by atoms with Crippen LogP contribution in [0.1, 0.15) is 0 Å². The van der Waals surface area contributed by atoms with Crippen molar-refractivity contribution in [3.8, 4) is 22.9 Å². The summed E-state index contributed by atoms with van der Waals surface area (Å²) in [5, 5.41) is 4.47. The van der Waals surface area contributed by atoms with Crippen molar-refractivity contribution in [2.24, 2.45) is 0 Å². The van der Waals surface area contributed by atoms with Crippen LogP contribution in [0.3, 0.4) is 0 Å². The summed E-state index contributed by atoms with van der Waals surface area (Å²) < 4.78 is 42.4. The second-order valence-corrected chi connectivity index (χ2v) is 11.5. The predicted octanol–water partition coefficient (Wildman–Crippen LogP) is 2.31. The molecule has 0 amide bonds. The van der Waals surface area contributed by atoms with E-state index < -0.39 is 10.1 Å². The van der Waals surface area contributed by atoms with Crippen LogP contribution in [0.4, 0.5) is 11.5 Å². The Hall–Kier alpha value is -3.23. The number of benzene rings is 2. The number of piperazine rings is 1. The van der Waals surface area contributed by atoms with E-state index in [0.29, 0.717) is 23.6 Å². The van der Waals surface area contributed by atoms with Crippen LogP contribution in [0.5, 0.6) is 11.5 Å². The van der Waals surface area contributed by atoms with Crippen molar-refractivity contribution in [3.05, 3.63) is 36.4 Å². The van der Waals surface area contributed by atoms with Crippen LogP contribution in [0.25, 0.3) is 22.3 Å². The van der Waals surface area contributed by atoms with Gasteiger partial charge in [0.2, 0.25) is 0 Å². The number of aromatic nitrogens is 2. The minimum absolute atomic E-state index is 0.652. The molecule has 12 nitrogen and oxygen atoms in total. The van der Waals surface area contributed by atoms with Crippen LogP contribution in [0, 0.1) is 0 Å². The highest BCUT2D eigenvalue weighted by atomic mass is 32.2. The van der Waals surface area contributed by atoms with Crippen LogP contribution < -0.4 is 19.7 Å². The first kappa shape index (κ1) is 30.7. The fourth-order valence-electron chi connectivity index (χ4n) is 4.76. The number of anilines is 2. The fraction of sp³-hybridized carbons (Fsp3) is 0.500. The predicted molar refractivity (Wildman–Crippen MR) is 161 cm³/mol. The molecule has 41 heavy (non-hydrogen) atoms. The highest BCUT2D eigenvalue weighted by Gasteiger charge is 2.17. The third-order valence-electron chi connectivity index (χ3n) is 7.02. The third kappa shape index (κ3) is 8.88. The summed E-state index contributed by atoms with van der Waals surface area (Å²) in [6.45, 7) is 9.47. The molecule has 0 unspecified atom stereocenters. The number of hydrogen-bond donors (Lipinski definition) is 2. The molecule has 3 aromatic rings. The topological polar surface area (TPSA) is 130 Å². The monoisotopic (exact) mass is 588 g/mol. The summed E-state index contributed by atoms with van der Waals surface area (Å²) in [4.78, 5) is 17.1. The Morgan fingerprint density at radius 3 is 2.17 bits per heavy atom. The summed E-state index contributed by atoms with van der Waals surface area (Å²) in [5.74, 6) is 2.80. The minimum atomic E-state index is -3.67. The van der Waals surface area contributed by atoms with Gasteiger partial charge in [0, 0.05) is 75.1 Å². The lowest BCUT2D eigenvalue weighted by Gasteiger charge is -2.34. The minimum Gasteiger partial charge on any atom is -0.493 e. The van der Waals surface area contributed by atoms with E-state index >= 15 is 0 Å². The van der Waals surface area contributed by atoms with Gasteiger partial charge in [-0.2, -0.15) is 8.42 Å². The van der Waals surface area contributed by atoms with Crippen molar-refractivity contribution < 1.29 is 27.2 Å². The number of nitrogens with one attached hydrogen (secondary N) is 1. The molecule has 2 aliphatic heterocycles. The second-order valence-electron chi connectivity index (χ2n) is 10.1. The molecule has 2 fully saturated rings. The number of likely N-dealkylation sites (N-methyl/N-ethyl adjacent to an activating group) is 1. The Labute approximate surface area is 242 Å². The summed E-state index contributed by atoms with van der Waals surface area (Å²) in [6.07, 6.45) is 0.715. The van der Waals surface area contributed by atoms with E-state index in [1.165, 1.54) is 5.69 Å². The maximum atomic E-state index is 9.19. The first-order valence-electron chi connectivity index (χ1n) is 13.6. The maximum Gasteiger partial charge on any atom is 0.261 e. The zero-order valence-corrected chi connectivity index (χ0v) is 25.0. The number of morpholine rings is 1. The molecule has 3 heterocycles. The number of rotatable bonds is 8. The molecule has 0 spiro atoms. The SMILES string of the molecule is COc1cc2nc(-c3ccc(N4CCN(C)CC4)cc3)nc(NCCN3CCOCC3)c2cc1OC.CS(=O)(=O)O. The van der Waals surface area contributed by atoms with Gasteiger partial charge in [0.25, 0.3) is 10.1 Å². The van der Waals surface area contributed by atoms with E-state index in [1.54, 1.807) is 14.2 Å². The average molecular weight is 589 g/mol. The van der Waals surface area contributed by atoms with Gasteiger partial charge in [-0.05, 0) is 37.4 Å². The van der Waals surface area contributed by atoms with Crippen molar-refractivity contribution in [2.45, 2.75) is 0 Å². The number of hydrogen-bond acceptors (Lipinski definition) is 11. The van der Waals surface area contributed by atoms with Crippen LogP contribution in [-0.2, 0) is 14.9 Å². The highest BCUT2D eigenvalue weighted by Crippen LogP contribution is 2.35. The van der Waals surface area contributed by atoms with Gasteiger partial charge >= 0.3 is 0 Å². The molecule has 0 aliphatic carbocycles. The third-order valence-corrected chi connectivity index (χ3v) is 7.02. The number of fused-ring (bicyclic) bond motifs is 1. The fourth-order valence-corrected chi connectivity index (χ4v) is 4.76. The molecule has 0 saturated carbocycles. The van der Waals surface area contributed by atoms with E-state index in [4.69, 9.17) is 28.7 Å². The van der Waals surface area contributed by atoms with Crippen molar-refractivity contribution in [1.29, 1.82) is 0 Å². The van der Waals surface area contributed by atoms with Gasteiger partial charge in [-0.15, -0.1) is 0 Å². The standard InChI is InChI=1S/C27H36N6O3.CH4O3S/c1-31-10-12-33(13-11-31)21-6-4-20(5-7-21)26-29-23-19-25(35-3)24(34-2)18-22(23)27(30-26)28-8-9-32-14-16-36-17-15-32;1-5(2,3)4/h4-7,18-19H,8-17H2,1-3H3,(H,28,29,30);1H3,(H,2,3,4). The average Bonchev–Trinajstić information content (AvgIpc) is 2.96. The first-order chi connectivity index (χ1) is 19.6. The lowest BCUT2D eigenvalue weighted by atomic mass is 10.1. The molecule has 13 heteroatoms. The van der Waals surface area contributed by atoms with Crippen molar-refractivity contribution >= 4 is 32.5 Å². The van der Waals surface area contributed by atoms with E-state index in [-0.39, 0.29) is 0 Å². The Morgan fingerprint density at radius 1 is 0.951 bits per heavy atom. The number of methoxy groups -OCH3 is 2. The number of nitrogens with zero attached hydrogens (tertiary/aromatic N) is 5. The van der Waals surface area contributed by atoms with Gasteiger partial charge in [-0.25, -0.2) is 9.97 Å². The Bertz CT molecular complexity index is 1380. The molecule has 0 atom stereocenters. The molecule has 2 saturated heterocycles. The molecule has 2 N–H and O–H groups in total.